The first-order chi connectivity index (χ1) is 14.5. The maximum absolute atomic E-state index is 12.7. The van der Waals surface area contributed by atoms with Gasteiger partial charge in [0.1, 0.15) is 0 Å². The summed E-state index contributed by atoms with van der Waals surface area (Å²) in [5.41, 5.74) is 0.972. The Labute approximate surface area is 178 Å². The maximum atomic E-state index is 12.7. The first-order valence-corrected chi connectivity index (χ1v) is 12.0. The van der Waals surface area contributed by atoms with E-state index in [4.69, 9.17) is 9.47 Å². The molecule has 0 radical (unpaired) electrons. The van der Waals surface area contributed by atoms with Crippen molar-refractivity contribution < 1.29 is 22.7 Å². The monoisotopic (exact) mass is 431 g/mol. The summed E-state index contributed by atoms with van der Waals surface area (Å²) in [6, 6.07) is 11.5. The lowest BCUT2D eigenvalue weighted by molar-refractivity contribution is 0.102. The highest BCUT2D eigenvalue weighted by Crippen LogP contribution is 2.31. The van der Waals surface area contributed by atoms with Crippen LogP contribution in [0.3, 0.4) is 0 Å². The molecule has 30 heavy (non-hydrogen) atoms. The van der Waals surface area contributed by atoms with Crippen LogP contribution in [0.2, 0.25) is 0 Å². The van der Waals surface area contributed by atoms with E-state index in [2.05, 4.69) is 5.32 Å². The molecule has 0 spiro atoms. The van der Waals surface area contributed by atoms with Gasteiger partial charge in [-0.05, 0) is 68.7 Å². The second kappa shape index (κ2) is 9.98. The van der Waals surface area contributed by atoms with Crippen LogP contribution in [0.1, 0.15) is 56.3 Å². The van der Waals surface area contributed by atoms with Gasteiger partial charge in [-0.1, -0.05) is 19.8 Å². The smallest absolute Gasteiger partial charge is 0.255 e. The SMILES string of the molecule is CCCOc1ccc(C(=O)Nc2ccc(S(=O)(=O)C3CCCC3)cc2)cc1OCC. The van der Waals surface area contributed by atoms with Crippen LogP contribution >= 0.6 is 0 Å². The summed E-state index contributed by atoms with van der Waals surface area (Å²) in [5.74, 6) is 0.831. The van der Waals surface area contributed by atoms with Crippen molar-refractivity contribution in [2.45, 2.75) is 56.1 Å². The number of carbonyl (C=O) groups is 1. The molecule has 7 heteroatoms. The van der Waals surface area contributed by atoms with E-state index < -0.39 is 9.84 Å². The molecule has 1 fully saturated rings. The van der Waals surface area contributed by atoms with Crippen molar-refractivity contribution in [3.63, 3.8) is 0 Å². The fraction of sp³-hybridized carbons (Fsp3) is 0.435. The number of hydrogen-bond donors (Lipinski definition) is 1. The van der Waals surface area contributed by atoms with E-state index in [1.807, 2.05) is 13.8 Å². The van der Waals surface area contributed by atoms with Gasteiger partial charge in [-0.25, -0.2) is 8.42 Å². The molecule has 1 N–H and O–H groups in total. The first-order valence-electron chi connectivity index (χ1n) is 10.5. The third kappa shape index (κ3) is 5.14. The molecule has 0 unspecified atom stereocenters. The Morgan fingerprint density at radius 1 is 1.00 bits per heavy atom. The number of amides is 1. The Hall–Kier alpha value is -2.54. The molecule has 1 saturated carbocycles. The third-order valence-corrected chi connectivity index (χ3v) is 7.43. The van der Waals surface area contributed by atoms with Gasteiger partial charge in [0.25, 0.3) is 5.91 Å². The minimum absolute atomic E-state index is 0.289. The predicted molar refractivity (Wildman–Crippen MR) is 117 cm³/mol. The lowest BCUT2D eigenvalue weighted by Gasteiger charge is -2.14. The Balaban J connectivity index is 1.71. The molecule has 0 saturated heterocycles. The van der Waals surface area contributed by atoms with Gasteiger partial charge in [0.15, 0.2) is 21.3 Å². The molecule has 0 aromatic heterocycles. The van der Waals surface area contributed by atoms with Crippen LogP contribution in [-0.2, 0) is 9.84 Å². The molecular weight excluding hydrogens is 402 g/mol. The van der Waals surface area contributed by atoms with Crippen molar-refractivity contribution in [2.75, 3.05) is 18.5 Å². The minimum atomic E-state index is -3.30. The predicted octanol–water partition coefficient (Wildman–Crippen LogP) is 4.84. The van der Waals surface area contributed by atoms with Crippen LogP contribution in [0.4, 0.5) is 5.69 Å². The summed E-state index contributed by atoms with van der Waals surface area (Å²) >= 11 is 0. The highest BCUT2D eigenvalue weighted by Gasteiger charge is 2.30. The summed E-state index contributed by atoms with van der Waals surface area (Å²) in [6.07, 6.45) is 4.25. The molecule has 0 bridgehead atoms. The Morgan fingerprint density at radius 3 is 2.33 bits per heavy atom. The summed E-state index contributed by atoms with van der Waals surface area (Å²) < 4.78 is 36.6. The Bertz CT molecular complexity index is 964. The maximum Gasteiger partial charge on any atom is 0.255 e. The van der Waals surface area contributed by atoms with E-state index in [9.17, 15) is 13.2 Å². The Morgan fingerprint density at radius 2 is 1.70 bits per heavy atom. The average Bonchev–Trinajstić information content (AvgIpc) is 3.29. The van der Waals surface area contributed by atoms with Crippen LogP contribution in [-0.4, -0.2) is 32.8 Å². The largest absolute Gasteiger partial charge is 0.490 e. The minimum Gasteiger partial charge on any atom is -0.490 e. The average molecular weight is 432 g/mol. The van der Waals surface area contributed by atoms with Gasteiger partial charge in [-0.2, -0.15) is 0 Å². The van der Waals surface area contributed by atoms with Crippen molar-refractivity contribution in [1.29, 1.82) is 0 Å². The van der Waals surface area contributed by atoms with E-state index in [1.165, 1.54) is 0 Å². The first kappa shape index (κ1) is 22.2. The molecule has 162 valence electrons. The zero-order valence-electron chi connectivity index (χ0n) is 17.5. The molecular formula is C23H29NO5S. The van der Waals surface area contributed by atoms with E-state index in [0.717, 1.165) is 32.1 Å². The quantitative estimate of drug-likeness (QED) is 0.614. The van der Waals surface area contributed by atoms with E-state index in [-0.39, 0.29) is 11.2 Å². The summed E-state index contributed by atoms with van der Waals surface area (Å²) in [5, 5.41) is 2.52. The molecule has 3 rings (SSSR count). The number of ether oxygens (including phenoxy) is 2. The second-order valence-corrected chi connectivity index (χ2v) is 9.60. The Kier molecular flexibility index (Phi) is 7.37. The van der Waals surface area contributed by atoms with Crippen molar-refractivity contribution >= 4 is 21.4 Å². The molecule has 2 aromatic carbocycles. The van der Waals surface area contributed by atoms with Crippen molar-refractivity contribution in [1.82, 2.24) is 0 Å². The normalized spacial score (nSPS) is 14.5. The molecule has 1 amide bonds. The van der Waals surface area contributed by atoms with Gasteiger partial charge in [-0.3, -0.25) is 4.79 Å². The number of nitrogens with one attached hydrogen (secondary N) is 1. The van der Waals surface area contributed by atoms with Crippen LogP contribution in [0.5, 0.6) is 11.5 Å². The molecule has 6 nitrogen and oxygen atoms in total. The van der Waals surface area contributed by atoms with Crippen LogP contribution < -0.4 is 14.8 Å². The third-order valence-electron chi connectivity index (χ3n) is 5.15. The van der Waals surface area contributed by atoms with Crippen LogP contribution in [0.25, 0.3) is 0 Å². The van der Waals surface area contributed by atoms with Gasteiger partial charge < -0.3 is 14.8 Å². The summed E-state index contributed by atoms with van der Waals surface area (Å²) in [7, 11) is -3.30. The fourth-order valence-corrected chi connectivity index (χ4v) is 5.43. The van der Waals surface area contributed by atoms with Gasteiger partial charge >= 0.3 is 0 Å². The molecule has 0 atom stereocenters. The lowest BCUT2D eigenvalue weighted by Crippen LogP contribution is -2.18. The van der Waals surface area contributed by atoms with Gasteiger partial charge in [0, 0.05) is 11.3 Å². The van der Waals surface area contributed by atoms with Gasteiger partial charge in [0.05, 0.1) is 23.4 Å². The summed E-state index contributed by atoms with van der Waals surface area (Å²) in [4.78, 5) is 13.0. The van der Waals surface area contributed by atoms with Crippen LogP contribution in [0, 0.1) is 0 Å². The van der Waals surface area contributed by atoms with Crippen LogP contribution in [0.15, 0.2) is 47.4 Å². The van der Waals surface area contributed by atoms with E-state index >= 15 is 0 Å². The highest BCUT2D eigenvalue weighted by atomic mass is 32.2. The van der Waals surface area contributed by atoms with Gasteiger partial charge in [-0.15, -0.1) is 0 Å². The highest BCUT2D eigenvalue weighted by molar-refractivity contribution is 7.92. The number of anilines is 1. The number of hydrogen-bond acceptors (Lipinski definition) is 5. The van der Waals surface area contributed by atoms with E-state index in [1.54, 1.807) is 42.5 Å². The van der Waals surface area contributed by atoms with Crippen molar-refractivity contribution in [3.05, 3.63) is 48.0 Å². The second-order valence-electron chi connectivity index (χ2n) is 7.37. The lowest BCUT2D eigenvalue weighted by atomic mass is 10.2. The number of sulfone groups is 1. The van der Waals surface area contributed by atoms with Crippen molar-refractivity contribution in [3.8, 4) is 11.5 Å². The number of benzene rings is 2. The molecule has 2 aromatic rings. The number of rotatable bonds is 9. The van der Waals surface area contributed by atoms with Gasteiger partial charge in [0.2, 0.25) is 0 Å². The number of carbonyl (C=O) groups excluding carboxylic acids is 1. The zero-order chi connectivity index (χ0) is 21.6. The molecule has 0 aliphatic heterocycles. The zero-order valence-corrected chi connectivity index (χ0v) is 18.3. The molecule has 1 aliphatic rings. The fourth-order valence-electron chi connectivity index (χ4n) is 3.57. The molecule has 0 heterocycles. The topological polar surface area (TPSA) is 81.7 Å². The summed E-state index contributed by atoms with van der Waals surface area (Å²) in [6.45, 7) is 4.93. The van der Waals surface area contributed by atoms with Crippen molar-refractivity contribution in [2.24, 2.45) is 0 Å². The standard InChI is InChI=1S/C23H29NO5S/c1-3-15-29-21-14-9-17(16-22(21)28-4-2)23(25)24-18-10-12-20(13-11-18)30(26,27)19-7-5-6-8-19/h9-14,16,19H,3-8,15H2,1-2H3,(H,24,25). The van der Waals surface area contributed by atoms with E-state index in [0.29, 0.717) is 40.9 Å². The molecule has 1 aliphatic carbocycles.